The van der Waals surface area contributed by atoms with Gasteiger partial charge in [-0.2, -0.15) is 0 Å². The number of benzene rings is 1. The lowest BCUT2D eigenvalue weighted by atomic mass is 10.2. The summed E-state index contributed by atoms with van der Waals surface area (Å²) in [4.78, 5) is 19.5. The van der Waals surface area contributed by atoms with Crippen LogP contribution < -0.4 is 10.2 Å². The van der Waals surface area contributed by atoms with E-state index in [2.05, 4.69) is 10.3 Å². The van der Waals surface area contributed by atoms with Gasteiger partial charge in [-0.3, -0.25) is 5.32 Å². The highest BCUT2D eigenvalue weighted by molar-refractivity contribution is 5.88. The highest BCUT2D eigenvalue weighted by atomic mass is 19.1. The van der Waals surface area contributed by atoms with Gasteiger partial charge in [0.25, 0.3) is 0 Å². The van der Waals surface area contributed by atoms with Crippen LogP contribution >= 0.6 is 0 Å². The summed E-state index contributed by atoms with van der Waals surface area (Å²) in [5, 5.41) is 11.8. The van der Waals surface area contributed by atoms with Crippen molar-refractivity contribution in [3.63, 3.8) is 0 Å². The van der Waals surface area contributed by atoms with Gasteiger partial charge >= 0.3 is 6.03 Å². The lowest BCUT2D eigenvalue weighted by Crippen LogP contribution is -2.50. The predicted octanol–water partition coefficient (Wildman–Crippen LogP) is 2.42. The number of carbonyl (C=O) groups is 1. The molecule has 2 N–H and O–H groups in total. The Hall–Kier alpha value is -2.90. The minimum absolute atomic E-state index is 0.0175. The predicted molar refractivity (Wildman–Crippen MR) is 85.1 cm³/mol. The number of piperazine rings is 1. The van der Waals surface area contributed by atoms with Crippen LogP contribution in [0.2, 0.25) is 0 Å². The van der Waals surface area contributed by atoms with Gasteiger partial charge in [0.2, 0.25) is 0 Å². The third-order valence-corrected chi connectivity index (χ3v) is 3.76. The zero-order valence-electron chi connectivity index (χ0n) is 12.7. The van der Waals surface area contributed by atoms with Gasteiger partial charge in [0, 0.05) is 37.9 Å². The topological polar surface area (TPSA) is 68.7 Å². The number of nitrogens with one attached hydrogen (secondary N) is 1. The Balaban J connectivity index is 1.58. The summed E-state index contributed by atoms with van der Waals surface area (Å²) in [6.45, 7) is 1.78. The largest absolute Gasteiger partial charge is 0.506 e. The second-order valence-corrected chi connectivity index (χ2v) is 5.43. The minimum atomic E-state index is -0.622. The summed E-state index contributed by atoms with van der Waals surface area (Å²) < 4.78 is 26.6. The van der Waals surface area contributed by atoms with Crippen LogP contribution in [-0.4, -0.2) is 47.2 Å². The molecule has 0 radical (unpaired) electrons. The second kappa shape index (κ2) is 6.69. The van der Waals surface area contributed by atoms with Crippen molar-refractivity contribution in [1.29, 1.82) is 0 Å². The summed E-state index contributed by atoms with van der Waals surface area (Å²) in [5.74, 6) is -0.886. The number of aromatic hydroxyl groups is 1. The van der Waals surface area contributed by atoms with Gasteiger partial charge < -0.3 is 14.9 Å². The van der Waals surface area contributed by atoms with Crippen LogP contribution in [0.3, 0.4) is 0 Å². The van der Waals surface area contributed by atoms with Crippen LogP contribution in [0.25, 0.3) is 0 Å². The average molecular weight is 334 g/mol. The van der Waals surface area contributed by atoms with Crippen LogP contribution in [-0.2, 0) is 0 Å². The number of nitrogens with zero attached hydrogens (tertiary/aromatic N) is 3. The van der Waals surface area contributed by atoms with Gasteiger partial charge in [0.05, 0.1) is 6.20 Å². The molecule has 126 valence electrons. The number of pyridine rings is 1. The Labute approximate surface area is 137 Å². The smallest absolute Gasteiger partial charge is 0.323 e. The molecular weight excluding hydrogens is 318 g/mol. The summed E-state index contributed by atoms with van der Waals surface area (Å²) in [5.41, 5.74) is 0.466. The molecule has 1 aliphatic rings. The fourth-order valence-corrected chi connectivity index (χ4v) is 2.54. The lowest BCUT2D eigenvalue weighted by molar-refractivity contribution is 0.208. The van der Waals surface area contributed by atoms with E-state index in [1.54, 1.807) is 4.90 Å². The maximum Gasteiger partial charge on any atom is 0.323 e. The van der Waals surface area contributed by atoms with Crippen molar-refractivity contribution in [3.8, 4) is 5.75 Å². The second-order valence-electron chi connectivity index (χ2n) is 5.43. The molecule has 1 aliphatic heterocycles. The standard InChI is InChI=1S/C16H16F2N4O2/c17-11-7-12(18)9-13(8-11)21-3-5-22(6-4-21)16(24)20-15-2-1-14(23)10-19-15/h1-2,7-10,23H,3-6H2,(H,19,20,24). The summed E-state index contributed by atoms with van der Waals surface area (Å²) >= 11 is 0. The number of halogens is 2. The molecule has 1 aromatic carbocycles. The molecule has 1 aromatic heterocycles. The van der Waals surface area contributed by atoms with Crippen molar-refractivity contribution in [3.05, 3.63) is 48.2 Å². The first-order chi connectivity index (χ1) is 11.5. The minimum Gasteiger partial charge on any atom is -0.506 e. The quantitative estimate of drug-likeness (QED) is 0.885. The Morgan fingerprint density at radius 2 is 1.75 bits per heavy atom. The van der Waals surface area contributed by atoms with Crippen molar-refractivity contribution in [2.24, 2.45) is 0 Å². The molecule has 1 fully saturated rings. The molecule has 2 amide bonds. The van der Waals surface area contributed by atoms with Gasteiger partial charge in [-0.05, 0) is 24.3 Å². The van der Waals surface area contributed by atoms with Gasteiger partial charge in [-0.15, -0.1) is 0 Å². The average Bonchev–Trinajstić information content (AvgIpc) is 2.56. The first-order valence-corrected chi connectivity index (χ1v) is 7.43. The van der Waals surface area contributed by atoms with Gasteiger partial charge in [0.15, 0.2) is 0 Å². The zero-order valence-corrected chi connectivity index (χ0v) is 12.7. The maximum atomic E-state index is 13.3. The van der Waals surface area contributed by atoms with E-state index < -0.39 is 11.6 Å². The van der Waals surface area contributed by atoms with Gasteiger partial charge in [0.1, 0.15) is 23.2 Å². The van der Waals surface area contributed by atoms with Crippen molar-refractivity contribution < 1.29 is 18.7 Å². The molecule has 24 heavy (non-hydrogen) atoms. The third-order valence-electron chi connectivity index (χ3n) is 3.76. The monoisotopic (exact) mass is 334 g/mol. The Morgan fingerprint density at radius 1 is 1.08 bits per heavy atom. The summed E-state index contributed by atoms with van der Waals surface area (Å²) in [6.07, 6.45) is 1.24. The van der Waals surface area contributed by atoms with E-state index >= 15 is 0 Å². The maximum absolute atomic E-state index is 13.3. The molecule has 6 nitrogen and oxygen atoms in total. The van der Waals surface area contributed by atoms with Crippen LogP contribution in [0.4, 0.5) is 25.1 Å². The highest BCUT2D eigenvalue weighted by Crippen LogP contribution is 2.20. The van der Waals surface area contributed by atoms with Crippen LogP contribution in [0.1, 0.15) is 0 Å². The molecule has 2 heterocycles. The normalized spacial score (nSPS) is 14.6. The van der Waals surface area contributed by atoms with Crippen molar-refractivity contribution >= 4 is 17.5 Å². The van der Waals surface area contributed by atoms with Crippen molar-refractivity contribution in [2.75, 3.05) is 36.4 Å². The van der Waals surface area contributed by atoms with E-state index in [0.717, 1.165) is 6.07 Å². The van der Waals surface area contributed by atoms with E-state index in [1.165, 1.54) is 30.5 Å². The molecule has 0 spiro atoms. The SMILES string of the molecule is O=C(Nc1ccc(O)cn1)N1CCN(c2cc(F)cc(F)c2)CC1. The number of urea groups is 1. The van der Waals surface area contributed by atoms with E-state index in [-0.39, 0.29) is 11.8 Å². The number of anilines is 2. The Morgan fingerprint density at radius 3 is 2.33 bits per heavy atom. The third kappa shape index (κ3) is 3.70. The molecule has 1 saturated heterocycles. The summed E-state index contributed by atoms with van der Waals surface area (Å²) in [7, 11) is 0. The Bertz CT molecular complexity index is 711. The zero-order chi connectivity index (χ0) is 17.1. The van der Waals surface area contributed by atoms with Crippen molar-refractivity contribution in [1.82, 2.24) is 9.88 Å². The molecule has 2 aromatic rings. The molecule has 0 aliphatic carbocycles. The van der Waals surface area contributed by atoms with E-state index in [9.17, 15) is 18.7 Å². The molecular formula is C16H16F2N4O2. The lowest BCUT2D eigenvalue weighted by Gasteiger charge is -2.36. The summed E-state index contributed by atoms with van der Waals surface area (Å²) in [6, 6.07) is 6.01. The van der Waals surface area contributed by atoms with Crippen molar-refractivity contribution in [2.45, 2.75) is 0 Å². The number of aromatic nitrogens is 1. The molecule has 0 saturated carbocycles. The van der Waals surface area contributed by atoms with Crippen LogP contribution in [0, 0.1) is 11.6 Å². The molecule has 8 heteroatoms. The fourth-order valence-electron chi connectivity index (χ4n) is 2.54. The fraction of sp³-hybridized carbons (Fsp3) is 0.250. The van der Waals surface area contributed by atoms with E-state index in [1.807, 2.05) is 4.90 Å². The van der Waals surface area contributed by atoms with Gasteiger partial charge in [-0.1, -0.05) is 0 Å². The van der Waals surface area contributed by atoms with Crippen LogP contribution in [0.15, 0.2) is 36.5 Å². The number of amides is 2. The molecule has 0 bridgehead atoms. The highest BCUT2D eigenvalue weighted by Gasteiger charge is 2.22. The van der Waals surface area contributed by atoms with E-state index in [0.29, 0.717) is 37.7 Å². The molecule has 3 rings (SSSR count). The van der Waals surface area contributed by atoms with Gasteiger partial charge in [-0.25, -0.2) is 18.6 Å². The first-order valence-electron chi connectivity index (χ1n) is 7.43. The number of rotatable bonds is 2. The van der Waals surface area contributed by atoms with E-state index in [4.69, 9.17) is 0 Å². The number of hydrogen-bond donors (Lipinski definition) is 2. The number of carbonyl (C=O) groups excluding carboxylic acids is 1. The first kappa shape index (κ1) is 16.0. The number of hydrogen-bond acceptors (Lipinski definition) is 4. The molecule has 0 unspecified atom stereocenters. The molecule has 0 atom stereocenters. The Kier molecular flexibility index (Phi) is 4.45. The van der Waals surface area contributed by atoms with Crippen LogP contribution in [0.5, 0.6) is 5.75 Å².